The summed E-state index contributed by atoms with van der Waals surface area (Å²) in [7, 11) is 1.77. The second-order valence-corrected chi connectivity index (χ2v) is 9.59. The number of anilines is 1. The highest BCUT2D eigenvalue weighted by Crippen LogP contribution is 2.42. The number of carbonyl (C=O) groups excluding carboxylic acids is 2. The van der Waals surface area contributed by atoms with Crippen LogP contribution in [0, 0.1) is 12.8 Å². The zero-order valence-corrected chi connectivity index (χ0v) is 18.6. The van der Waals surface area contributed by atoms with Gasteiger partial charge in [0.2, 0.25) is 0 Å². The third-order valence-corrected chi connectivity index (χ3v) is 7.09. The third-order valence-electron chi connectivity index (χ3n) is 6.01. The molecule has 2 aromatic rings. The molecule has 2 amide bonds. The average molecular weight is 421 g/mol. The lowest BCUT2D eigenvalue weighted by molar-refractivity contribution is -0.114. The highest BCUT2D eigenvalue weighted by molar-refractivity contribution is 8.04. The molecule has 1 aliphatic heterocycles. The number of nitrogens with one attached hydrogen (secondary N) is 1. The van der Waals surface area contributed by atoms with Gasteiger partial charge in [0.15, 0.2) is 0 Å². The molecule has 0 aromatic heterocycles. The maximum absolute atomic E-state index is 12.9. The van der Waals surface area contributed by atoms with Gasteiger partial charge in [-0.15, -0.1) is 0 Å². The Morgan fingerprint density at radius 3 is 2.63 bits per heavy atom. The van der Waals surface area contributed by atoms with Crippen LogP contribution in [0.5, 0.6) is 0 Å². The monoisotopic (exact) mass is 420 g/mol. The van der Waals surface area contributed by atoms with E-state index in [0.29, 0.717) is 10.5 Å². The number of likely N-dealkylation sites (N-methyl/N-ethyl adjacent to an activating group) is 1. The fourth-order valence-electron chi connectivity index (χ4n) is 4.12. The van der Waals surface area contributed by atoms with E-state index in [0.717, 1.165) is 40.5 Å². The lowest BCUT2D eigenvalue weighted by atomic mass is 9.87. The van der Waals surface area contributed by atoms with Crippen molar-refractivity contribution in [3.63, 3.8) is 0 Å². The number of amides is 2. The third kappa shape index (κ3) is 4.46. The Morgan fingerprint density at radius 2 is 1.90 bits per heavy atom. The van der Waals surface area contributed by atoms with Gasteiger partial charge in [0.05, 0.1) is 10.6 Å². The fraction of sp³-hybridized carbons (Fsp3) is 0.360. The first-order chi connectivity index (χ1) is 14.4. The van der Waals surface area contributed by atoms with Crippen LogP contribution in [-0.4, -0.2) is 24.9 Å². The van der Waals surface area contributed by atoms with Gasteiger partial charge in [-0.25, -0.2) is 0 Å². The number of aryl methyl sites for hydroxylation is 1. The number of thioether (sulfide) groups is 1. The predicted octanol–water partition coefficient (Wildman–Crippen LogP) is 5.41. The fourth-order valence-corrected chi connectivity index (χ4v) is 5.21. The molecular weight excluding hydrogens is 392 g/mol. The van der Waals surface area contributed by atoms with E-state index in [9.17, 15) is 9.59 Å². The van der Waals surface area contributed by atoms with Gasteiger partial charge in [0.25, 0.3) is 11.8 Å². The summed E-state index contributed by atoms with van der Waals surface area (Å²) >= 11 is 1.46. The molecule has 0 unspecified atom stereocenters. The molecule has 156 valence electrons. The maximum Gasteiger partial charge on any atom is 0.264 e. The van der Waals surface area contributed by atoms with Crippen LogP contribution in [0.1, 0.15) is 54.1 Å². The summed E-state index contributed by atoms with van der Waals surface area (Å²) in [6.07, 6.45) is 6.35. The van der Waals surface area contributed by atoms with Crippen LogP contribution in [0.4, 0.5) is 5.69 Å². The number of hydrogen-bond acceptors (Lipinski definition) is 3. The van der Waals surface area contributed by atoms with Crippen molar-refractivity contribution in [1.29, 1.82) is 0 Å². The second kappa shape index (κ2) is 8.68. The zero-order chi connectivity index (χ0) is 21.3. The molecule has 1 heterocycles. The van der Waals surface area contributed by atoms with Crippen LogP contribution in [0.2, 0.25) is 0 Å². The smallest absolute Gasteiger partial charge is 0.264 e. The minimum Gasteiger partial charge on any atom is -0.349 e. The van der Waals surface area contributed by atoms with Gasteiger partial charge in [0.1, 0.15) is 0 Å². The summed E-state index contributed by atoms with van der Waals surface area (Å²) in [5, 5.41) is 3.17. The molecule has 2 aliphatic rings. The van der Waals surface area contributed by atoms with Gasteiger partial charge in [-0.2, -0.15) is 0 Å². The predicted molar refractivity (Wildman–Crippen MR) is 124 cm³/mol. The number of nitrogens with zero attached hydrogens (tertiary/aromatic N) is 1. The van der Waals surface area contributed by atoms with E-state index in [2.05, 4.69) is 18.3 Å². The van der Waals surface area contributed by atoms with Crippen LogP contribution in [0.3, 0.4) is 0 Å². The topological polar surface area (TPSA) is 49.4 Å². The van der Waals surface area contributed by atoms with Crippen molar-refractivity contribution in [3.8, 4) is 0 Å². The Kier molecular flexibility index (Phi) is 6.00. The lowest BCUT2D eigenvalue weighted by Gasteiger charge is -2.28. The van der Waals surface area contributed by atoms with E-state index in [-0.39, 0.29) is 17.9 Å². The van der Waals surface area contributed by atoms with Crippen LogP contribution < -0.4 is 10.2 Å². The second-order valence-electron chi connectivity index (χ2n) is 8.50. The lowest BCUT2D eigenvalue weighted by Crippen LogP contribution is -2.37. The van der Waals surface area contributed by atoms with E-state index in [1.54, 1.807) is 11.9 Å². The quantitative estimate of drug-likeness (QED) is 0.675. The first-order valence-corrected chi connectivity index (χ1v) is 11.4. The Hall–Kier alpha value is -2.53. The largest absolute Gasteiger partial charge is 0.349 e. The first-order valence-electron chi connectivity index (χ1n) is 10.6. The number of hydrogen-bond donors (Lipinski definition) is 1. The summed E-state index contributed by atoms with van der Waals surface area (Å²) in [6, 6.07) is 14.0. The molecule has 30 heavy (non-hydrogen) atoms. The SMILES string of the molecule is Cc1cccc(C=C2Sc3ccc(C(=O)NC4CCC(C)CC4)cc3N(C)C2=O)c1. The van der Waals surface area contributed by atoms with Crippen molar-refractivity contribution < 1.29 is 9.59 Å². The first kappa shape index (κ1) is 20.7. The Balaban J connectivity index is 1.53. The van der Waals surface area contributed by atoms with E-state index < -0.39 is 0 Å². The summed E-state index contributed by atoms with van der Waals surface area (Å²) in [4.78, 5) is 29.0. The highest BCUT2D eigenvalue weighted by atomic mass is 32.2. The summed E-state index contributed by atoms with van der Waals surface area (Å²) in [5.41, 5.74) is 3.57. The molecule has 1 aliphatic carbocycles. The molecular formula is C25H28N2O2S. The van der Waals surface area contributed by atoms with Gasteiger partial charge in [0, 0.05) is 23.5 Å². The minimum absolute atomic E-state index is 0.0483. The van der Waals surface area contributed by atoms with Crippen molar-refractivity contribution in [3.05, 3.63) is 64.1 Å². The Labute approximate surface area is 182 Å². The van der Waals surface area contributed by atoms with E-state index in [4.69, 9.17) is 0 Å². The molecule has 0 spiro atoms. The highest BCUT2D eigenvalue weighted by Gasteiger charge is 2.28. The minimum atomic E-state index is -0.0516. The van der Waals surface area contributed by atoms with E-state index in [1.165, 1.54) is 24.6 Å². The summed E-state index contributed by atoms with van der Waals surface area (Å²) < 4.78 is 0. The van der Waals surface area contributed by atoms with Crippen molar-refractivity contribution in [2.24, 2.45) is 5.92 Å². The molecule has 0 bridgehead atoms. The van der Waals surface area contributed by atoms with Gasteiger partial charge >= 0.3 is 0 Å². The molecule has 5 heteroatoms. The molecule has 1 saturated carbocycles. The molecule has 1 N–H and O–H groups in total. The molecule has 0 radical (unpaired) electrons. The molecule has 4 rings (SSSR count). The van der Waals surface area contributed by atoms with Crippen LogP contribution >= 0.6 is 11.8 Å². The van der Waals surface area contributed by atoms with Gasteiger partial charge in [-0.3, -0.25) is 9.59 Å². The molecule has 0 saturated heterocycles. The molecule has 0 atom stereocenters. The van der Waals surface area contributed by atoms with Crippen molar-refractivity contribution in [2.45, 2.75) is 50.5 Å². The van der Waals surface area contributed by atoms with Crippen LogP contribution in [0.25, 0.3) is 6.08 Å². The zero-order valence-electron chi connectivity index (χ0n) is 17.8. The average Bonchev–Trinajstić information content (AvgIpc) is 2.73. The number of fused-ring (bicyclic) bond motifs is 1. The van der Waals surface area contributed by atoms with Crippen molar-refractivity contribution >= 4 is 35.3 Å². The Bertz CT molecular complexity index is 1010. The number of benzene rings is 2. The van der Waals surface area contributed by atoms with E-state index in [1.807, 2.05) is 49.4 Å². The molecule has 4 nitrogen and oxygen atoms in total. The van der Waals surface area contributed by atoms with Crippen LogP contribution in [-0.2, 0) is 4.79 Å². The standard InChI is InChI=1S/C25H28N2O2S/c1-16-7-10-20(11-8-16)26-24(28)19-9-12-22-21(15-19)27(3)25(29)23(30-22)14-18-6-4-5-17(2)13-18/h4-6,9,12-16,20H,7-8,10-11H2,1-3H3,(H,26,28). The van der Waals surface area contributed by atoms with Gasteiger partial charge < -0.3 is 10.2 Å². The molecule has 1 fully saturated rings. The van der Waals surface area contributed by atoms with Crippen LogP contribution in [0.15, 0.2) is 52.3 Å². The summed E-state index contributed by atoms with van der Waals surface area (Å²) in [5.74, 6) is 0.651. The maximum atomic E-state index is 12.9. The molecule has 2 aromatic carbocycles. The van der Waals surface area contributed by atoms with Gasteiger partial charge in [-0.1, -0.05) is 48.5 Å². The van der Waals surface area contributed by atoms with Crippen molar-refractivity contribution in [2.75, 3.05) is 11.9 Å². The van der Waals surface area contributed by atoms with Crippen molar-refractivity contribution in [1.82, 2.24) is 5.32 Å². The Morgan fingerprint density at radius 1 is 1.13 bits per heavy atom. The summed E-state index contributed by atoms with van der Waals surface area (Å²) in [6.45, 7) is 4.31. The van der Waals surface area contributed by atoms with E-state index >= 15 is 0 Å². The number of carbonyl (C=O) groups is 2. The van der Waals surface area contributed by atoms with Gasteiger partial charge in [-0.05, 0) is 68.4 Å². The number of rotatable bonds is 3. The normalized spacial score (nSPS) is 22.7.